The zero-order chi connectivity index (χ0) is 13.3. The van der Waals surface area contributed by atoms with Crippen molar-refractivity contribution in [1.29, 1.82) is 0 Å². The molecule has 1 aromatic carbocycles. The van der Waals surface area contributed by atoms with Crippen LogP contribution in [0.15, 0.2) is 23.4 Å². The van der Waals surface area contributed by atoms with Crippen LogP contribution in [-0.4, -0.2) is 17.6 Å². The van der Waals surface area contributed by atoms with Gasteiger partial charge in [0.2, 0.25) is 0 Å². The Labute approximate surface area is 103 Å². The fourth-order valence-corrected chi connectivity index (χ4v) is 2.07. The van der Waals surface area contributed by atoms with Gasteiger partial charge in [-0.15, -0.1) is 4.91 Å². The van der Waals surface area contributed by atoms with Crippen LogP contribution in [0, 0.1) is 4.91 Å². The van der Waals surface area contributed by atoms with Crippen LogP contribution in [0.5, 0.6) is 0 Å². The van der Waals surface area contributed by atoms with E-state index < -0.39 is 5.97 Å². The molecule has 2 N–H and O–H groups in total. The molecule has 0 aliphatic rings. The fraction of sp³-hybridized carbons (Fsp3) is 0.250. The second-order valence-electron chi connectivity index (χ2n) is 3.79. The third-order valence-electron chi connectivity index (χ3n) is 2.90. The molecule has 2 rings (SSSR count). The van der Waals surface area contributed by atoms with E-state index in [1.165, 1.54) is 7.11 Å². The van der Waals surface area contributed by atoms with E-state index >= 15 is 0 Å². The smallest absolute Gasteiger partial charge is 0.342 e. The fourth-order valence-electron chi connectivity index (χ4n) is 2.07. The highest BCUT2D eigenvalue weighted by Gasteiger charge is 2.21. The zero-order valence-electron chi connectivity index (χ0n) is 10.1. The maximum atomic E-state index is 11.7. The second-order valence-corrected chi connectivity index (χ2v) is 3.79. The highest BCUT2D eigenvalue weighted by molar-refractivity contribution is 6.09. The van der Waals surface area contributed by atoms with Crippen LogP contribution in [-0.2, 0) is 11.3 Å². The molecule has 18 heavy (non-hydrogen) atoms. The number of hydrogen-bond acceptors (Lipinski definition) is 5. The number of nitrogens with zero attached hydrogens (tertiary/aromatic N) is 2. The van der Waals surface area contributed by atoms with Gasteiger partial charge in [-0.05, 0) is 30.3 Å². The van der Waals surface area contributed by atoms with Crippen LogP contribution in [0.4, 0.5) is 11.5 Å². The van der Waals surface area contributed by atoms with Gasteiger partial charge in [0.15, 0.2) is 0 Å². The molecule has 0 unspecified atom stereocenters. The summed E-state index contributed by atoms with van der Waals surface area (Å²) in [5.41, 5.74) is 7.27. The Morgan fingerprint density at radius 1 is 1.50 bits per heavy atom. The lowest BCUT2D eigenvalue weighted by Gasteiger charge is -2.03. The molecule has 1 heterocycles. The van der Waals surface area contributed by atoms with Gasteiger partial charge in [0, 0.05) is 11.9 Å². The lowest BCUT2D eigenvalue weighted by molar-refractivity contribution is 0.0604. The Bertz CT molecular complexity index is 631. The molecule has 0 spiro atoms. The number of esters is 1. The topological polar surface area (TPSA) is 86.7 Å². The molecule has 0 saturated carbocycles. The lowest BCUT2D eigenvalue weighted by atomic mass is 10.1. The average Bonchev–Trinajstić information content (AvgIpc) is 2.68. The van der Waals surface area contributed by atoms with Crippen molar-refractivity contribution in [2.75, 3.05) is 12.8 Å². The molecule has 1 aromatic heterocycles. The van der Waals surface area contributed by atoms with E-state index in [-0.39, 0.29) is 0 Å². The molecule has 6 nitrogen and oxygen atoms in total. The summed E-state index contributed by atoms with van der Waals surface area (Å²) in [7, 11) is 1.30. The number of benzene rings is 1. The van der Waals surface area contributed by atoms with Gasteiger partial charge in [-0.25, -0.2) is 4.79 Å². The molecule has 0 aliphatic carbocycles. The molecule has 0 saturated heterocycles. The van der Waals surface area contributed by atoms with E-state index in [9.17, 15) is 9.70 Å². The number of aryl methyl sites for hydroxylation is 1. The van der Waals surface area contributed by atoms with E-state index in [0.717, 1.165) is 0 Å². The quantitative estimate of drug-likeness (QED) is 0.666. The van der Waals surface area contributed by atoms with Gasteiger partial charge in [0.1, 0.15) is 17.1 Å². The third kappa shape index (κ3) is 1.62. The first-order valence-corrected chi connectivity index (χ1v) is 5.47. The van der Waals surface area contributed by atoms with Gasteiger partial charge in [-0.1, -0.05) is 0 Å². The van der Waals surface area contributed by atoms with Crippen molar-refractivity contribution in [3.63, 3.8) is 0 Å². The minimum Gasteiger partial charge on any atom is -0.465 e. The number of anilines is 1. The Hall–Kier alpha value is -2.37. The first kappa shape index (κ1) is 12.1. The monoisotopic (exact) mass is 247 g/mol. The third-order valence-corrected chi connectivity index (χ3v) is 2.90. The van der Waals surface area contributed by atoms with Crippen LogP contribution in [0.1, 0.15) is 17.3 Å². The van der Waals surface area contributed by atoms with Crippen LogP contribution in [0.3, 0.4) is 0 Å². The van der Waals surface area contributed by atoms with E-state index in [0.29, 0.717) is 34.5 Å². The van der Waals surface area contributed by atoms with Gasteiger partial charge in [0.25, 0.3) is 0 Å². The summed E-state index contributed by atoms with van der Waals surface area (Å²) in [5.74, 6) is -0.154. The Kier molecular flexibility index (Phi) is 3.01. The maximum absolute atomic E-state index is 11.7. The van der Waals surface area contributed by atoms with Gasteiger partial charge < -0.3 is 15.0 Å². The molecular weight excluding hydrogens is 234 g/mol. The SMILES string of the molecule is CCn1c(N)c(C(=O)OC)c2ccc(N=O)cc21. The van der Waals surface area contributed by atoms with Crippen molar-refractivity contribution in [1.82, 2.24) is 4.57 Å². The minimum atomic E-state index is -0.489. The number of rotatable bonds is 3. The molecule has 0 bridgehead atoms. The Balaban J connectivity index is 2.83. The molecule has 2 aromatic rings. The number of hydrogen-bond donors (Lipinski definition) is 1. The summed E-state index contributed by atoms with van der Waals surface area (Å²) >= 11 is 0. The predicted octanol–water partition coefficient (Wildman–Crippen LogP) is 2.43. The molecular formula is C12H13N3O3. The number of fused-ring (bicyclic) bond motifs is 1. The summed E-state index contributed by atoms with van der Waals surface area (Å²) in [6.07, 6.45) is 0. The average molecular weight is 247 g/mol. The number of methoxy groups -OCH3 is 1. The van der Waals surface area contributed by atoms with Crippen LogP contribution in [0.25, 0.3) is 10.9 Å². The summed E-state index contributed by atoms with van der Waals surface area (Å²) in [6, 6.07) is 4.80. The highest BCUT2D eigenvalue weighted by atomic mass is 16.5. The van der Waals surface area contributed by atoms with E-state index in [2.05, 4.69) is 5.18 Å². The van der Waals surface area contributed by atoms with Crippen molar-refractivity contribution < 1.29 is 9.53 Å². The van der Waals surface area contributed by atoms with Gasteiger partial charge in [0.05, 0.1) is 12.6 Å². The summed E-state index contributed by atoms with van der Waals surface area (Å²) in [4.78, 5) is 22.3. The van der Waals surface area contributed by atoms with Crippen LogP contribution < -0.4 is 5.73 Å². The molecule has 0 atom stereocenters. The Morgan fingerprint density at radius 2 is 2.22 bits per heavy atom. The summed E-state index contributed by atoms with van der Waals surface area (Å²) in [6.45, 7) is 2.49. The number of ether oxygens (including phenoxy) is 1. The van der Waals surface area contributed by atoms with Crippen molar-refractivity contribution in [2.24, 2.45) is 5.18 Å². The predicted molar refractivity (Wildman–Crippen MR) is 68.8 cm³/mol. The number of carbonyl (C=O) groups is 1. The number of nitrogens with two attached hydrogens (primary N) is 1. The van der Waals surface area contributed by atoms with Gasteiger partial charge in [-0.3, -0.25) is 0 Å². The molecule has 0 aliphatic heterocycles. The largest absolute Gasteiger partial charge is 0.465 e. The second kappa shape index (κ2) is 4.48. The minimum absolute atomic E-state index is 0.297. The number of nitrogen functional groups attached to an aromatic ring is 1. The van der Waals surface area contributed by atoms with Crippen molar-refractivity contribution >= 4 is 28.4 Å². The molecule has 0 amide bonds. The highest BCUT2D eigenvalue weighted by Crippen LogP contribution is 2.31. The number of carbonyl (C=O) groups excluding carboxylic acids is 1. The van der Waals surface area contributed by atoms with E-state index in [1.807, 2.05) is 6.92 Å². The van der Waals surface area contributed by atoms with Crippen LogP contribution in [0.2, 0.25) is 0 Å². The van der Waals surface area contributed by atoms with Crippen molar-refractivity contribution in [3.8, 4) is 0 Å². The van der Waals surface area contributed by atoms with E-state index in [1.54, 1.807) is 22.8 Å². The summed E-state index contributed by atoms with van der Waals surface area (Å²) < 4.78 is 6.47. The normalized spacial score (nSPS) is 10.6. The number of nitroso groups, excluding NO2 is 1. The molecule has 6 heteroatoms. The van der Waals surface area contributed by atoms with E-state index in [4.69, 9.17) is 10.5 Å². The lowest BCUT2D eigenvalue weighted by Crippen LogP contribution is -2.07. The zero-order valence-corrected chi connectivity index (χ0v) is 10.1. The Morgan fingerprint density at radius 3 is 2.78 bits per heavy atom. The molecule has 94 valence electrons. The number of aromatic nitrogens is 1. The van der Waals surface area contributed by atoms with Gasteiger partial charge >= 0.3 is 5.97 Å². The first-order chi connectivity index (χ1) is 8.63. The van der Waals surface area contributed by atoms with Gasteiger partial charge in [-0.2, -0.15) is 0 Å². The molecule has 0 radical (unpaired) electrons. The summed E-state index contributed by atoms with van der Waals surface area (Å²) in [5, 5.41) is 3.54. The van der Waals surface area contributed by atoms with Crippen LogP contribution >= 0.6 is 0 Å². The van der Waals surface area contributed by atoms with Crippen molar-refractivity contribution in [3.05, 3.63) is 28.7 Å². The standard InChI is InChI=1S/C12H13N3O3/c1-3-15-9-6-7(14-17)4-5-8(9)10(11(15)13)12(16)18-2/h4-6H,3,13H2,1-2H3. The maximum Gasteiger partial charge on any atom is 0.342 e. The van der Waals surface area contributed by atoms with Crippen molar-refractivity contribution in [2.45, 2.75) is 13.5 Å². The molecule has 0 fully saturated rings. The first-order valence-electron chi connectivity index (χ1n) is 5.47.